The number of hydrogen-bond donors (Lipinski definition) is 2. The third-order valence-corrected chi connectivity index (χ3v) is 3.44. The molecule has 1 aliphatic heterocycles. The molecule has 0 saturated carbocycles. The van der Waals surface area contributed by atoms with E-state index in [0.717, 1.165) is 19.4 Å². The Balaban J connectivity index is 1.91. The molecule has 0 radical (unpaired) electrons. The second kappa shape index (κ2) is 7.89. The van der Waals surface area contributed by atoms with Gasteiger partial charge in [0.1, 0.15) is 5.69 Å². The van der Waals surface area contributed by atoms with Gasteiger partial charge in [-0.3, -0.25) is 14.6 Å². The molecule has 1 fully saturated rings. The molecule has 2 rings (SSSR count). The van der Waals surface area contributed by atoms with Crippen LogP contribution in [0.15, 0.2) is 18.3 Å². The van der Waals surface area contributed by atoms with Gasteiger partial charge in [0.15, 0.2) is 0 Å². The van der Waals surface area contributed by atoms with Crippen LogP contribution in [0.1, 0.15) is 47.5 Å². The van der Waals surface area contributed by atoms with E-state index in [9.17, 15) is 9.59 Å². The standard InChI is InChI=1S/C16H23N3O3/c1-11(2)9-18-15(20)12-5-6-17-14(8-12)16(21)19-10-13-4-3-7-22-13/h5-6,8,11,13H,3-4,7,9-10H2,1-2H3,(H,18,20)(H,19,21). The Kier molecular flexibility index (Phi) is 5.89. The molecule has 0 aromatic carbocycles. The smallest absolute Gasteiger partial charge is 0.269 e. The van der Waals surface area contributed by atoms with E-state index in [4.69, 9.17) is 4.74 Å². The van der Waals surface area contributed by atoms with Crippen LogP contribution >= 0.6 is 0 Å². The van der Waals surface area contributed by atoms with Crippen LogP contribution in [0, 0.1) is 5.92 Å². The molecule has 0 aliphatic carbocycles. The van der Waals surface area contributed by atoms with Crippen molar-refractivity contribution >= 4 is 11.8 Å². The molecule has 2 heterocycles. The van der Waals surface area contributed by atoms with Crippen molar-refractivity contribution in [1.29, 1.82) is 0 Å². The molecule has 1 aromatic rings. The lowest BCUT2D eigenvalue weighted by atomic mass is 10.2. The number of carbonyl (C=O) groups excluding carboxylic acids is 2. The fourth-order valence-corrected chi connectivity index (χ4v) is 2.20. The molecule has 1 aromatic heterocycles. The van der Waals surface area contributed by atoms with E-state index < -0.39 is 0 Å². The maximum atomic E-state index is 12.1. The van der Waals surface area contributed by atoms with Crippen LogP contribution in [0.2, 0.25) is 0 Å². The van der Waals surface area contributed by atoms with Gasteiger partial charge in [-0.2, -0.15) is 0 Å². The number of hydrogen-bond acceptors (Lipinski definition) is 4. The summed E-state index contributed by atoms with van der Waals surface area (Å²) in [5, 5.41) is 5.62. The summed E-state index contributed by atoms with van der Waals surface area (Å²) in [5.74, 6) is -0.0988. The summed E-state index contributed by atoms with van der Waals surface area (Å²) >= 11 is 0. The summed E-state index contributed by atoms with van der Waals surface area (Å²) in [7, 11) is 0. The van der Waals surface area contributed by atoms with Crippen LogP contribution < -0.4 is 10.6 Å². The van der Waals surface area contributed by atoms with E-state index in [-0.39, 0.29) is 23.6 Å². The van der Waals surface area contributed by atoms with Gasteiger partial charge < -0.3 is 15.4 Å². The Hall–Kier alpha value is -1.95. The monoisotopic (exact) mass is 305 g/mol. The minimum Gasteiger partial charge on any atom is -0.376 e. The maximum Gasteiger partial charge on any atom is 0.269 e. The van der Waals surface area contributed by atoms with Crippen molar-refractivity contribution < 1.29 is 14.3 Å². The third-order valence-electron chi connectivity index (χ3n) is 3.44. The number of ether oxygens (including phenoxy) is 1. The highest BCUT2D eigenvalue weighted by molar-refractivity contribution is 5.98. The lowest BCUT2D eigenvalue weighted by Crippen LogP contribution is -2.32. The predicted molar refractivity (Wildman–Crippen MR) is 82.7 cm³/mol. The van der Waals surface area contributed by atoms with Gasteiger partial charge in [0.05, 0.1) is 6.10 Å². The molecule has 120 valence electrons. The van der Waals surface area contributed by atoms with Crippen LogP contribution in [0.25, 0.3) is 0 Å². The van der Waals surface area contributed by atoms with Gasteiger partial charge >= 0.3 is 0 Å². The van der Waals surface area contributed by atoms with Crippen LogP contribution in [-0.2, 0) is 4.74 Å². The topological polar surface area (TPSA) is 80.3 Å². The molecule has 0 spiro atoms. The van der Waals surface area contributed by atoms with Crippen molar-refractivity contribution in [2.24, 2.45) is 5.92 Å². The number of amides is 2. The second-order valence-corrected chi connectivity index (χ2v) is 5.88. The van der Waals surface area contributed by atoms with Crippen molar-refractivity contribution in [2.75, 3.05) is 19.7 Å². The average Bonchev–Trinajstić information content (AvgIpc) is 3.03. The number of carbonyl (C=O) groups is 2. The largest absolute Gasteiger partial charge is 0.376 e. The Labute approximate surface area is 130 Å². The van der Waals surface area contributed by atoms with Gasteiger partial charge in [-0.15, -0.1) is 0 Å². The highest BCUT2D eigenvalue weighted by Gasteiger charge is 2.17. The first-order chi connectivity index (χ1) is 10.6. The Morgan fingerprint density at radius 3 is 2.86 bits per heavy atom. The van der Waals surface area contributed by atoms with Crippen LogP contribution in [0.3, 0.4) is 0 Å². The zero-order valence-electron chi connectivity index (χ0n) is 13.1. The summed E-state index contributed by atoms with van der Waals surface area (Å²) in [5.41, 5.74) is 0.688. The number of nitrogens with one attached hydrogen (secondary N) is 2. The van der Waals surface area contributed by atoms with E-state index in [0.29, 0.717) is 24.6 Å². The van der Waals surface area contributed by atoms with E-state index in [1.54, 1.807) is 6.07 Å². The van der Waals surface area contributed by atoms with Crippen molar-refractivity contribution in [3.63, 3.8) is 0 Å². The number of aromatic nitrogens is 1. The Morgan fingerprint density at radius 1 is 1.36 bits per heavy atom. The molecule has 6 nitrogen and oxygen atoms in total. The van der Waals surface area contributed by atoms with E-state index in [1.807, 2.05) is 13.8 Å². The molecular formula is C16H23N3O3. The van der Waals surface area contributed by atoms with Crippen LogP contribution in [-0.4, -0.2) is 42.6 Å². The fraction of sp³-hybridized carbons (Fsp3) is 0.562. The minimum absolute atomic E-state index is 0.0847. The highest BCUT2D eigenvalue weighted by atomic mass is 16.5. The maximum absolute atomic E-state index is 12.1. The molecular weight excluding hydrogens is 282 g/mol. The quantitative estimate of drug-likeness (QED) is 0.832. The second-order valence-electron chi connectivity index (χ2n) is 5.88. The average molecular weight is 305 g/mol. The zero-order valence-corrected chi connectivity index (χ0v) is 13.1. The molecule has 1 atom stereocenters. The summed E-state index contributed by atoms with van der Waals surface area (Å²) in [6, 6.07) is 3.12. The molecule has 2 amide bonds. The summed E-state index contributed by atoms with van der Waals surface area (Å²) in [4.78, 5) is 28.1. The van der Waals surface area contributed by atoms with Crippen LogP contribution in [0.4, 0.5) is 0 Å². The molecule has 1 saturated heterocycles. The Bertz CT molecular complexity index is 525. The lowest BCUT2D eigenvalue weighted by molar-refractivity contribution is 0.0853. The zero-order chi connectivity index (χ0) is 15.9. The summed E-state index contributed by atoms with van der Waals surface area (Å²) in [6.07, 6.45) is 3.56. The van der Waals surface area contributed by atoms with Gasteiger partial charge in [0.25, 0.3) is 11.8 Å². The van der Waals surface area contributed by atoms with Crippen molar-refractivity contribution in [3.05, 3.63) is 29.6 Å². The van der Waals surface area contributed by atoms with Gasteiger partial charge in [-0.1, -0.05) is 13.8 Å². The number of pyridine rings is 1. The van der Waals surface area contributed by atoms with Gasteiger partial charge in [0, 0.05) is 31.5 Å². The molecule has 22 heavy (non-hydrogen) atoms. The van der Waals surface area contributed by atoms with E-state index >= 15 is 0 Å². The van der Waals surface area contributed by atoms with E-state index in [2.05, 4.69) is 15.6 Å². The fourth-order valence-electron chi connectivity index (χ4n) is 2.20. The number of nitrogens with zero attached hydrogens (tertiary/aromatic N) is 1. The minimum atomic E-state index is -0.283. The molecule has 2 N–H and O–H groups in total. The molecule has 1 unspecified atom stereocenters. The Morgan fingerprint density at radius 2 is 2.18 bits per heavy atom. The van der Waals surface area contributed by atoms with Crippen molar-refractivity contribution in [3.8, 4) is 0 Å². The summed E-state index contributed by atoms with van der Waals surface area (Å²) in [6.45, 7) is 5.88. The van der Waals surface area contributed by atoms with Crippen molar-refractivity contribution in [2.45, 2.75) is 32.8 Å². The first-order valence-corrected chi connectivity index (χ1v) is 7.70. The molecule has 1 aliphatic rings. The highest BCUT2D eigenvalue weighted by Crippen LogP contribution is 2.11. The predicted octanol–water partition coefficient (Wildman–Crippen LogP) is 1.38. The van der Waals surface area contributed by atoms with Gasteiger partial charge in [-0.05, 0) is 30.9 Å². The normalized spacial score (nSPS) is 17.5. The third kappa shape index (κ3) is 4.80. The van der Waals surface area contributed by atoms with Crippen molar-refractivity contribution in [1.82, 2.24) is 15.6 Å². The SMILES string of the molecule is CC(C)CNC(=O)c1ccnc(C(=O)NCC2CCCO2)c1. The molecule has 6 heteroatoms. The van der Waals surface area contributed by atoms with Gasteiger partial charge in [0.2, 0.25) is 0 Å². The van der Waals surface area contributed by atoms with Crippen LogP contribution in [0.5, 0.6) is 0 Å². The molecule has 0 bridgehead atoms. The number of rotatable bonds is 6. The van der Waals surface area contributed by atoms with Gasteiger partial charge in [-0.25, -0.2) is 0 Å². The summed E-state index contributed by atoms with van der Waals surface area (Å²) < 4.78 is 5.46. The first-order valence-electron chi connectivity index (χ1n) is 7.70. The lowest BCUT2D eigenvalue weighted by Gasteiger charge is -2.11. The first kappa shape index (κ1) is 16.4. The van der Waals surface area contributed by atoms with E-state index in [1.165, 1.54) is 12.3 Å².